The Hall–Kier alpha value is -1.47. The lowest BCUT2D eigenvalue weighted by Crippen LogP contribution is -2.17. The molecule has 0 aromatic carbocycles. The predicted octanol–water partition coefficient (Wildman–Crippen LogP) is 0.239. The Morgan fingerprint density at radius 1 is 1.47 bits per heavy atom. The number of ether oxygens (including phenoxy) is 2. The molecule has 0 fully saturated rings. The van der Waals surface area contributed by atoms with Crippen LogP contribution in [0.5, 0.6) is 0 Å². The maximum atomic E-state index is 11.5. The van der Waals surface area contributed by atoms with Crippen molar-refractivity contribution in [2.24, 2.45) is 11.7 Å². The normalized spacial score (nSPS) is 11.0. The van der Waals surface area contributed by atoms with Crippen LogP contribution < -0.4 is 5.73 Å². The molecule has 0 aliphatic carbocycles. The van der Waals surface area contributed by atoms with Crippen molar-refractivity contribution >= 4 is 5.97 Å². The molecule has 7 heteroatoms. The standard InChI is InChI=1S/C12H22N4O3/c1-9(2)8-19-7-6-16-10(4-5-13)11(14-15-16)12(17)18-3/h9H,4-8,13H2,1-3H3. The van der Waals surface area contributed by atoms with Gasteiger partial charge in [-0.25, -0.2) is 9.48 Å². The molecule has 0 atom stereocenters. The molecule has 1 rings (SSSR count). The molecular weight excluding hydrogens is 248 g/mol. The number of hydrogen-bond donors (Lipinski definition) is 1. The van der Waals surface area contributed by atoms with E-state index in [1.54, 1.807) is 4.68 Å². The average Bonchev–Trinajstić information content (AvgIpc) is 2.77. The molecule has 0 radical (unpaired) electrons. The molecule has 1 heterocycles. The second-order valence-corrected chi connectivity index (χ2v) is 4.61. The number of hydrogen-bond acceptors (Lipinski definition) is 6. The Labute approximate surface area is 113 Å². The highest BCUT2D eigenvalue weighted by atomic mass is 16.5. The maximum absolute atomic E-state index is 11.5. The van der Waals surface area contributed by atoms with Crippen LogP contribution in [0.15, 0.2) is 0 Å². The highest BCUT2D eigenvalue weighted by molar-refractivity contribution is 5.88. The van der Waals surface area contributed by atoms with Gasteiger partial charge in [-0.2, -0.15) is 0 Å². The van der Waals surface area contributed by atoms with E-state index in [4.69, 9.17) is 10.5 Å². The first-order valence-corrected chi connectivity index (χ1v) is 6.38. The molecule has 2 N–H and O–H groups in total. The summed E-state index contributed by atoms with van der Waals surface area (Å²) in [6.07, 6.45) is 0.529. The number of esters is 1. The third kappa shape index (κ3) is 4.60. The second-order valence-electron chi connectivity index (χ2n) is 4.61. The molecule has 0 spiro atoms. The molecule has 0 saturated heterocycles. The molecule has 108 valence electrons. The summed E-state index contributed by atoms with van der Waals surface area (Å²) in [7, 11) is 1.32. The van der Waals surface area contributed by atoms with Gasteiger partial charge >= 0.3 is 5.97 Å². The molecule has 0 aliphatic rings. The van der Waals surface area contributed by atoms with Gasteiger partial charge in [-0.3, -0.25) is 0 Å². The minimum atomic E-state index is -0.488. The number of carbonyl (C=O) groups excluding carboxylic acids is 1. The summed E-state index contributed by atoms with van der Waals surface area (Å²) in [6.45, 7) is 6.37. The van der Waals surface area contributed by atoms with Gasteiger partial charge in [0, 0.05) is 13.0 Å². The van der Waals surface area contributed by atoms with E-state index in [1.165, 1.54) is 7.11 Å². The Balaban J connectivity index is 2.66. The summed E-state index contributed by atoms with van der Waals surface area (Å²) in [5.41, 5.74) is 6.47. The highest BCUT2D eigenvalue weighted by Gasteiger charge is 2.19. The number of rotatable bonds is 8. The summed E-state index contributed by atoms with van der Waals surface area (Å²) in [6, 6.07) is 0. The fraction of sp³-hybridized carbons (Fsp3) is 0.750. The van der Waals surface area contributed by atoms with Crippen molar-refractivity contribution in [3.05, 3.63) is 11.4 Å². The summed E-state index contributed by atoms with van der Waals surface area (Å²) < 4.78 is 11.8. The minimum absolute atomic E-state index is 0.233. The van der Waals surface area contributed by atoms with Crippen LogP contribution in [0.4, 0.5) is 0 Å². The number of aromatic nitrogens is 3. The molecule has 0 amide bonds. The van der Waals surface area contributed by atoms with Gasteiger partial charge in [-0.1, -0.05) is 19.1 Å². The van der Waals surface area contributed by atoms with E-state index in [0.717, 1.165) is 0 Å². The summed E-state index contributed by atoms with van der Waals surface area (Å²) in [5, 5.41) is 7.80. The predicted molar refractivity (Wildman–Crippen MR) is 69.8 cm³/mol. The van der Waals surface area contributed by atoms with Crippen LogP contribution in [0.3, 0.4) is 0 Å². The van der Waals surface area contributed by atoms with Gasteiger partial charge in [-0.05, 0) is 12.5 Å². The molecule has 7 nitrogen and oxygen atoms in total. The van der Waals surface area contributed by atoms with Crippen LogP contribution in [0.1, 0.15) is 30.0 Å². The van der Waals surface area contributed by atoms with Crippen LogP contribution in [-0.4, -0.2) is 47.8 Å². The van der Waals surface area contributed by atoms with Crippen molar-refractivity contribution in [2.45, 2.75) is 26.8 Å². The third-order valence-electron chi connectivity index (χ3n) is 2.50. The maximum Gasteiger partial charge on any atom is 0.360 e. The lowest BCUT2D eigenvalue weighted by Gasteiger charge is -2.09. The number of methoxy groups -OCH3 is 1. The molecule has 1 aromatic heterocycles. The number of carbonyl (C=O) groups is 1. The topological polar surface area (TPSA) is 92.3 Å². The first kappa shape index (κ1) is 15.6. The average molecular weight is 270 g/mol. The molecule has 0 unspecified atom stereocenters. The van der Waals surface area contributed by atoms with E-state index >= 15 is 0 Å². The minimum Gasteiger partial charge on any atom is -0.464 e. The largest absolute Gasteiger partial charge is 0.464 e. The Morgan fingerprint density at radius 2 is 2.21 bits per heavy atom. The summed E-state index contributed by atoms with van der Waals surface area (Å²) in [4.78, 5) is 11.5. The van der Waals surface area contributed by atoms with Crippen molar-refractivity contribution in [3.8, 4) is 0 Å². The summed E-state index contributed by atoms with van der Waals surface area (Å²) >= 11 is 0. The van der Waals surface area contributed by atoms with Crippen LogP contribution in [-0.2, 0) is 22.4 Å². The van der Waals surface area contributed by atoms with Crippen LogP contribution >= 0.6 is 0 Å². The molecular formula is C12H22N4O3. The van der Waals surface area contributed by atoms with Crippen LogP contribution in [0.2, 0.25) is 0 Å². The highest BCUT2D eigenvalue weighted by Crippen LogP contribution is 2.08. The van der Waals surface area contributed by atoms with Gasteiger partial charge in [0.15, 0.2) is 5.69 Å². The monoisotopic (exact) mass is 270 g/mol. The van der Waals surface area contributed by atoms with E-state index in [9.17, 15) is 4.79 Å². The second kappa shape index (κ2) is 7.85. The van der Waals surface area contributed by atoms with Crippen molar-refractivity contribution < 1.29 is 14.3 Å². The first-order valence-electron chi connectivity index (χ1n) is 6.38. The quantitative estimate of drug-likeness (QED) is 0.537. The van der Waals surface area contributed by atoms with Gasteiger partial charge in [0.2, 0.25) is 0 Å². The molecule has 19 heavy (non-hydrogen) atoms. The first-order chi connectivity index (χ1) is 9.10. The van der Waals surface area contributed by atoms with E-state index in [0.29, 0.717) is 44.3 Å². The Morgan fingerprint density at radius 3 is 2.79 bits per heavy atom. The van der Waals surface area contributed by atoms with E-state index in [-0.39, 0.29) is 5.69 Å². The van der Waals surface area contributed by atoms with Gasteiger partial charge in [-0.15, -0.1) is 5.10 Å². The Bertz CT molecular complexity index is 404. The lowest BCUT2D eigenvalue weighted by molar-refractivity contribution is 0.0592. The smallest absolute Gasteiger partial charge is 0.360 e. The van der Waals surface area contributed by atoms with Crippen molar-refractivity contribution in [1.82, 2.24) is 15.0 Å². The van der Waals surface area contributed by atoms with Crippen molar-refractivity contribution in [1.29, 1.82) is 0 Å². The zero-order valence-electron chi connectivity index (χ0n) is 11.8. The molecule has 0 aliphatic heterocycles. The van der Waals surface area contributed by atoms with E-state index in [2.05, 4.69) is 28.9 Å². The Kier molecular flexibility index (Phi) is 6.44. The number of nitrogens with zero attached hydrogens (tertiary/aromatic N) is 3. The third-order valence-corrected chi connectivity index (χ3v) is 2.50. The molecule has 0 bridgehead atoms. The van der Waals surface area contributed by atoms with Gasteiger partial charge in [0.05, 0.1) is 26.0 Å². The van der Waals surface area contributed by atoms with Crippen molar-refractivity contribution in [3.63, 3.8) is 0 Å². The fourth-order valence-electron chi connectivity index (χ4n) is 1.62. The lowest BCUT2D eigenvalue weighted by atomic mass is 10.2. The SMILES string of the molecule is COC(=O)c1nnn(CCOCC(C)C)c1CCN. The van der Waals surface area contributed by atoms with Crippen molar-refractivity contribution in [2.75, 3.05) is 26.9 Å². The zero-order valence-corrected chi connectivity index (χ0v) is 11.8. The van der Waals surface area contributed by atoms with Crippen LogP contribution in [0, 0.1) is 5.92 Å². The van der Waals surface area contributed by atoms with Gasteiger partial charge in [0.1, 0.15) is 0 Å². The van der Waals surface area contributed by atoms with Crippen LogP contribution in [0.25, 0.3) is 0 Å². The summed E-state index contributed by atoms with van der Waals surface area (Å²) in [5.74, 6) is 0.00249. The number of nitrogens with two attached hydrogens (primary N) is 1. The van der Waals surface area contributed by atoms with E-state index in [1.807, 2.05) is 0 Å². The van der Waals surface area contributed by atoms with E-state index < -0.39 is 5.97 Å². The fourth-order valence-corrected chi connectivity index (χ4v) is 1.62. The van der Waals surface area contributed by atoms with Gasteiger partial charge in [0.25, 0.3) is 0 Å². The molecule has 0 saturated carbocycles. The van der Waals surface area contributed by atoms with Gasteiger partial charge < -0.3 is 15.2 Å². The molecule has 1 aromatic rings. The zero-order chi connectivity index (χ0) is 14.3.